The molecular weight excluding hydrogens is 338 g/mol. The van der Waals surface area contributed by atoms with Gasteiger partial charge < -0.3 is 9.25 Å². The first-order valence-electron chi connectivity index (χ1n) is 8.62. The Balaban J connectivity index is 1.73. The lowest BCUT2D eigenvalue weighted by atomic mass is 10.1. The predicted molar refractivity (Wildman–Crippen MR) is 105 cm³/mol. The molecular formula is C23H17NO3. The van der Waals surface area contributed by atoms with Crippen LogP contribution in [0.3, 0.4) is 0 Å². The van der Waals surface area contributed by atoms with Crippen molar-refractivity contribution >= 4 is 22.7 Å². The molecule has 0 aliphatic rings. The lowest BCUT2D eigenvalue weighted by Gasteiger charge is -2.05. The lowest BCUT2D eigenvalue weighted by molar-refractivity contribution is 0.0516. The number of hydrogen-bond donors (Lipinski definition) is 0. The number of carbonyl (C=O) groups is 1. The molecule has 0 saturated heterocycles. The normalized spacial score (nSPS) is 11.5. The maximum Gasteiger partial charge on any atom is 0.366 e. The number of rotatable bonds is 4. The Kier molecular flexibility index (Phi) is 4.54. The van der Waals surface area contributed by atoms with Crippen molar-refractivity contribution in [1.29, 1.82) is 0 Å². The molecule has 0 aliphatic carbocycles. The minimum atomic E-state index is -0.502. The Bertz CT molecular complexity index is 1090. The Morgan fingerprint density at radius 3 is 2.37 bits per heavy atom. The van der Waals surface area contributed by atoms with Gasteiger partial charge in [0.05, 0.1) is 5.56 Å². The summed E-state index contributed by atoms with van der Waals surface area (Å²) in [5, 5.41) is 5.11. The fourth-order valence-electron chi connectivity index (χ4n) is 2.87. The molecule has 0 aliphatic heterocycles. The number of hydrogen-bond acceptors (Lipinski definition) is 4. The lowest BCUT2D eigenvalue weighted by Crippen LogP contribution is -2.08. The Labute approximate surface area is 156 Å². The van der Waals surface area contributed by atoms with Crippen molar-refractivity contribution in [3.05, 3.63) is 107 Å². The van der Waals surface area contributed by atoms with Gasteiger partial charge in [0.15, 0.2) is 11.5 Å². The van der Waals surface area contributed by atoms with E-state index >= 15 is 0 Å². The van der Waals surface area contributed by atoms with Gasteiger partial charge >= 0.3 is 5.97 Å². The molecule has 0 amide bonds. The van der Waals surface area contributed by atoms with Gasteiger partial charge in [0, 0.05) is 10.9 Å². The number of nitrogens with zero attached hydrogens (tertiary/aromatic N) is 1. The van der Waals surface area contributed by atoms with Crippen LogP contribution in [-0.2, 0) is 4.84 Å². The summed E-state index contributed by atoms with van der Waals surface area (Å²) in [5.74, 6) is 0.0395. The van der Waals surface area contributed by atoms with E-state index in [1.807, 2.05) is 79.7 Å². The average Bonchev–Trinajstić information content (AvgIpc) is 3.13. The molecule has 132 valence electrons. The number of oxime groups is 1. The standard InChI is InChI=1S/C23H17NO3/c1-16-9-5-7-13-19(16)23(25)27-24-22(17-10-3-2-4-11-17)21-15-18-12-6-8-14-20(18)26-21/h2-15H,1H3. The SMILES string of the molecule is Cc1ccccc1C(=O)ON=C(c1ccccc1)c1cc2ccccc2o1. The maximum atomic E-state index is 12.4. The molecule has 4 aromatic rings. The second-order valence-electron chi connectivity index (χ2n) is 6.15. The van der Waals surface area contributed by atoms with Crippen molar-refractivity contribution in [2.45, 2.75) is 6.92 Å². The van der Waals surface area contributed by atoms with Crippen molar-refractivity contribution in [3.63, 3.8) is 0 Å². The van der Waals surface area contributed by atoms with Crippen molar-refractivity contribution in [1.82, 2.24) is 0 Å². The van der Waals surface area contributed by atoms with Crippen LogP contribution in [0, 0.1) is 6.92 Å². The largest absolute Gasteiger partial charge is 0.454 e. The van der Waals surface area contributed by atoms with Gasteiger partial charge in [-0.05, 0) is 30.7 Å². The summed E-state index contributed by atoms with van der Waals surface area (Å²) in [5.41, 5.74) is 3.34. The number of fused-ring (bicyclic) bond motifs is 1. The van der Waals surface area contributed by atoms with Gasteiger partial charge in [-0.1, -0.05) is 71.9 Å². The summed E-state index contributed by atoms with van der Waals surface area (Å²) in [6, 6.07) is 26.4. The van der Waals surface area contributed by atoms with Gasteiger partial charge in [0.2, 0.25) is 0 Å². The van der Waals surface area contributed by atoms with E-state index in [4.69, 9.17) is 9.25 Å². The van der Waals surface area contributed by atoms with Gasteiger partial charge in [-0.2, -0.15) is 0 Å². The first-order valence-corrected chi connectivity index (χ1v) is 8.62. The first kappa shape index (κ1) is 16.8. The number of benzene rings is 3. The summed E-state index contributed by atoms with van der Waals surface area (Å²) >= 11 is 0. The minimum absolute atomic E-state index is 0.466. The van der Waals surface area contributed by atoms with Crippen LogP contribution in [-0.4, -0.2) is 11.7 Å². The van der Waals surface area contributed by atoms with E-state index in [1.54, 1.807) is 12.1 Å². The topological polar surface area (TPSA) is 51.8 Å². The Morgan fingerprint density at radius 2 is 1.59 bits per heavy atom. The van der Waals surface area contributed by atoms with E-state index in [2.05, 4.69) is 5.16 Å². The van der Waals surface area contributed by atoms with Crippen LogP contribution in [0.4, 0.5) is 0 Å². The Hall–Kier alpha value is -3.66. The van der Waals surface area contributed by atoms with E-state index in [-0.39, 0.29) is 0 Å². The molecule has 0 saturated carbocycles. The third-order valence-corrected chi connectivity index (χ3v) is 4.29. The van der Waals surface area contributed by atoms with Crippen LogP contribution >= 0.6 is 0 Å². The smallest absolute Gasteiger partial charge is 0.366 e. The highest BCUT2D eigenvalue weighted by atomic mass is 16.7. The third kappa shape index (κ3) is 3.51. The van der Waals surface area contributed by atoms with Gasteiger partial charge in [-0.15, -0.1) is 0 Å². The monoisotopic (exact) mass is 355 g/mol. The predicted octanol–water partition coefficient (Wildman–Crippen LogP) is 5.35. The van der Waals surface area contributed by atoms with E-state index in [0.29, 0.717) is 17.0 Å². The molecule has 4 rings (SSSR count). The zero-order valence-electron chi connectivity index (χ0n) is 14.8. The van der Waals surface area contributed by atoms with Gasteiger partial charge in [-0.25, -0.2) is 4.79 Å². The summed E-state index contributed by atoms with van der Waals surface area (Å²) in [4.78, 5) is 17.7. The number of carbonyl (C=O) groups excluding carboxylic acids is 1. The van der Waals surface area contributed by atoms with E-state index in [0.717, 1.165) is 22.1 Å². The summed E-state index contributed by atoms with van der Waals surface area (Å²) in [6.45, 7) is 1.86. The Morgan fingerprint density at radius 1 is 0.889 bits per heavy atom. The molecule has 1 aromatic heterocycles. The molecule has 0 N–H and O–H groups in total. The van der Waals surface area contributed by atoms with E-state index in [1.165, 1.54) is 0 Å². The zero-order chi connectivity index (χ0) is 18.6. The highest BCUT2D eigenvalue weighted by Crippen LogP contribution is 2.22. The molecule has 4 heteroatoms. The highest BCUT2D eigenvalue weighted by molar-refractivity contribution is 6.12. The summed E-state index contributed by atoms with van der Waals surface area (Å²) in [7, 11) is 0. The highest BCUT2D eigenvalue weighted by Gasteiger charge is 2.16. The van der Waals surface area contributed by atoms with Crippen molar-refractivity contribution < 1.29 is 14.0 Å². The fraction of sp³-hybridized carbons (Fsp3) is 0.0435. The van der Waals surface area contributed by atoms with Gasteiger partial charge in [-0.3, -0.25) is 0 Å². The molecule has 0 unspecified atom stereocenters. The van der Waals surface area contributed by atoms with Gasteiger partial charge in [0.25, 0.3) is 0 Å². The molecule has 3 aromatic carbocycles. The fourth-order valence-corrected chi connectivity index (χ4v) is 2.87. The third-order valence-electron chi connectivity index (χ3n) is 4.29. The van der Waals surface area contributed by atoms with Gasteiger partial charge in [0.1, 0.15) is 5.58 Å². The van der Waals surface area contributed by atoms with Crippen molar-refractivity contribution in [3.8, 4) is 0 Å². The molecule has 0 radical (unpaired) electrons. The minimum Gasteiger partial charge on any atom is -0.454 e. The number of aryl methyl sites for hydroxylation is 1. The molecule has 27 heavy (non-hydrogen) atoms. The summed E-state index contributed by atoms with van der Waals surface area (Å²) < 4.78 is 5.92. The molecule has 0 atom stereocenters. The van der Waals surface area contributed by atoms with Crippen LogP contribution in [0.5, 0.6) is 0 Å². The first-order chi connectivity index (χ1) is 13.2. The van der Waals surface area contributed by atoms with Crippen molar-refractivity contribution in [2.24, 2.45) is 5.16 Å². The molecule has 1 heterocycles. The number of furan rings is 1. The molecule has 0 fully saturated rings. The second kappa shape index (κ2) is 7.30. The molecule has 0 bridgehead atoms. The van der Waals surface area contributed by atoms with Crippen LogP contribution in [0.2, 0.25) is 0 Å². The zero-order valence-corrected chi connectivity index (χ0v) is 14.8. The molecule has 0 spiro atoms. The maximum absolute atomic E-state index is 12.4. The number of para-hydroxylation sites is 1. The van der Waals surface area contributed by atoms with Crippen LogP contribution in [0.25, 0.3) is 11.0 Å². The van der Waals surface area contributed by atoms with E-state index < -0.39 is 5.97 Å². The molecule has 4 nitrogen and oxygen atoms in total. The van der Waals surface area contributed by atoms with Crippen LogP contribution in [0.15, 0.2) is 94.5 Å². The summed E-state index contributed by atoms with van der Waals surface area (Å²) in [6.07, 6.45) is 0. The van der Waals surface area contributed by atoms with Crippen LogP contribution in [0.1, 0.15) is 27.2 Å². The second-order valence-corrected chi connectivity index (χ2v) is 6.15. The quantitative estimate of drug-likeness (QED) is 0.282. The van der Waals surface area contributed by atoms with Crippen molar-refractivity contribution in [2.75, 3.05) is 0 Å². The average molecular weight is 355 g/mol. The van der Waals surface area contributed by atoms with E-state index in [9.17, 15) is 4.79 Å². The van der Waals surface area contributed by atoms with Crippen LogP contribution < -0.4 is 0 Å².